The summed E-state index contributed by atoms with van der Waals surface area (Å²) in [5.41, 5.74) is 0.903. The number of para-hydroxylation sites is 1. The van der Waals surface area contributed by atoms with E-state index in [1.165, 1.54) is 19.2 Å². The Morgan fingerprint density at radius 2 is 1.76 bits per heavy atom. The van der Waals surface area contributed by atoms with Gasteiger partial charge in [-0.3, -0.25) is 9.10 Å². The SMILES string of the molecule is COC(=O)CCN(c1ccccc1)S(=O)(=O)c1ccc(Cl)c(C)c1Cl. The molecule has 134 valence electrons. The predicted molar refractivity (Wildman–Crippen MR) is 98.8 cm³/mol. The number of hydrogen-bond acceptors (Lipinski definition) is 4. The lowest BCUT2D eigenvalue weighted by atomic mass is 10.2. The fourth-order valence-electron chi connectivity index (χ4n) is 2.23. The molecule has 5 nitrogen and oxygen atoms in total. The van der Waals surface area contributed by atoms with E-state index in [0.717, 1.165) is 4.31 Å². The van der Waals surface area contributed by atoms with Crippen LogP contribution >= 0.6 is 23.2 Å². The van der Waals surface area contributed by atoms with Crippen molar-refractivity contribution in [3.05, 3.63) is 58.1 Å². The molecule has 0 spiro atoms. The molecule has 0 amide bonds. The van der Waals surface area contributed by atoms with Crippen molar-refractivity contribution in [2.24, 2.45) is 0 Å². The molecular formula is C17H17Cl2NO4S. The van der Waals surface area contributed by atoms with Crippen LogP contribution in [-0.4, -0.2) is 28.0 Å². The molecule has 0 heterocycles. The van der Waals surface area contributed by atoms with Crippen LogP contribution in [0.3, 0.4) is 0 Å². The first kappa shape index (κ1) is 19.6. The van der Waals surface area contributed by atoms with Gasteiger partial charge in [0.25, 0.3) is 10.0 Å². The van der Waals surface area contributed by atoms with Crippen molar-refractivity contribution >= 4 is 44.9 Å². The zero-order valence-electron chi connectivity index (χ0n) is 13.7. The van der Waals surface area contributed by atoms with Gasteiger partial charge in [0.15, 0.2) is 0 Å². The molecule has 8 heteroatoms. The van der Waals surface area contributed by atoms with Crippen LogP contribution in [0.15, 0.2) is 47.4 Å². The first-order valence-electron chi connectivity index (χ1n) is 7.38. The van der Waals surface area contributed by atoms with E-state index in [2.05, 4.69) is 4.74 Å². The summed E-state index contributed by atoms with van der Waals surface area (Å²) in [6.45, 7) is 1.57. The van der Waals surface area contributed by atoms with E-state index >= 15 is 0 Å². The van der Waals surface area contributed by atoms with Crippen molar-refractivity contribution in [3.8, 4) is 0 Å². The number of rotatable bonds is 6. The van der Waals surface area contributed by atoms with Gasteiger partial charge in [-0.05, 0) is 36.8 Å². The third-order valence-corrected chi connectivity index (χ3v) is 6.52. The van der Waals surface area contributed by atoms with E-state index in [0.29, 0.717) is 16.3 Å². The Kier molecular flexibility index (Phi) is 6.32. The summed E-state index contributed by atoms with van der Waals surface area (Å²) in [7, 11) is -2.74. The van der Waals surface area contributed by atoms with E-state index < -0.39 is 16.0 Å². The normalized spacial score (nSPS) is 11.2. The van der Waals surface area contributed by atoms with Crippen molar-refractivity contribution < 1.29 is 17.9 Å². The van der Waals surface area contributed by atoms with Gasteiger partial charge in [0.05, 0.1) is 24.2 Å². The van der Waals surface area contributed by atoms with Crippen molar-refractivity contribution in [1.82, 2.24) is 0 Å². The number of methoxy groups -OCH3 is 1. The highest BCUT2D eigenvalue weighted by molar-refractivity contribution is 7.93. The smallest absolute Gasteiger partial charge is 0.307 e. The first-order chi connectivity index (χ1) is 11.8. The summed E-state index contributed by atoms with van der Waals surface area (Å²) in [6.07, 6.45) is -0.0885. The summed E-state index contributed by atoms with van der Waals surface area (Å²) in [6, 6.07) is 11.3. The van der Waals surface area contributed by atoms with Crippen LogP contribution in [0.2, 0.25) is 10.0 Å². The predicted octanol–water partition coefficient (Wildman–Crippen LogP) is 4.06. The van der Waals surface area contributed by atoms with Gasteiger partial charge >= 0.3 is 5.97 Å². The van der Waals surface area contributed by atoms with Crippen molar-refractivity contribution in [3.63, 3.8) is 0 Å². The summed E-state index contributed by atoms with van der Waals surface area (Å²) >= 11 is 12.2. The molecule has 2 rings (SSSR count). The number of carbonyl (C=O) groups is 1. The summed E-state index contributed by atoms with van der Waals surface area (Å²) in [5.74, 6) is -0.505. The number of anilines is 1. The zero-order valence-corrected chi connectivity index (χ0v) is 16.0. The van der Waals surface area contributed by atoms with Crippen LogP contribution in [0, 0.1) is 6.92 Å². The highest BCUT2D eigenvalue weighted by Gasteiger charge is 2.28. The highest BCUT2D eigenvalue weighted by atomic mass is 35.5. The average molecular weight is 402 g/mol. The van der Waals surface area contributed by atoms with Crippen LogP contribution in [0.5, 0.6) is 0 Å². The van der Waals surface area contributed by atoms with Gasteiger partial charge < -0.3 is 4.74 Å². The maximum atomic E-state index is 13.2. The van der Waals surface area contributed by atoms with Crippen LogP contribution in [0.4, 0.5) is 5.69 Å². The van der Waals surface area contributed by atoms with Gasteiger partial charge in [0.2, 0.25) is 0 Å². The molecule has 2 aromatic carbocycles. The number of sulfonamides is 1. The van der Waals surface area contributed by atoms with E-state index in [1.54, 1.807) is 37.3 Å². The van der Waals surface area contributed by atoms with Gasteiger partial charge in [-0.1, -0.05) is 41.4 Å². The minimum Gasteiger partial charge on any atom is -0.469 e. The molecule has 0 radical (unpaired) electrons. The Hall–Kier alpha value is -1.76. The van der Waals surface area contributed by atoms with Crippen LogP contribution in [-0.2, 0) is 19.6 Å². The van der Waals surface area contributed by atoms with E-state index in [1.807, 2.05) is 0 Å². The molecule has 0 N–H and O–H groups in total. The quantitative estimate of drug-likeness (QED) is 0.684. The summed E-state index contributed by atoms with van der Waals surface area (Å²) < 4.78 is 32.1. The number of carbonyl (C=O) groups excluding carboxylic acids is 1. The monoisotopic (exact) mass is 401 g/mol. The minimum absolute atomic E-state index is 0.0616. The van der Waals surface area contributed by atoms with Crippen LogP contribution in [0.1, 0.15) is 12.0 Å². The number of halogens is 2. The second kappa shape index (κ2) is 8.08. The van der Waals surface area contributed by atoms with Gasteiger partial charge in [-0.15, -0.1) is 0 Å². The molecule has 0 saturated heterocycles. The number of benzene rings is 2. The highest BCUT2D eigenvalue weighted by Crippen LogP contribution is 2.33. The number of nitrogens with zero attached hydrogens (tertiary/aromatic N) is 1. The largest absolute Gasteiger partial charge is 0.469 e. The van der Waals surface area contributed by atoms with Gasteiger partial charge in [0.1, 0.15) is 4.90 Å². The molecule has 0 bridgehead atoms. The van der Waals surface area contributed by atoms with Crippen LogP contribution in [0.25, 0.3) is 0 Å². The lowest BCUT2D eigenvalue weighted by Gasteiger charge is -2.25. The molecule has 0 unspecified atom stereocenters. The molecule has 0 atom stereocenters. The molecule has 2 aromatic rings. The molecule has 25 heavy (non-hydrogen) atoms. The third kappa shape index (κ3) is 4.26. The Balaban J connectivity index is 2.52. The number of hydrogen-bond donors (Lipinski definition) is 0. The fraction of sp³-hybridized carbons (Fsp3) is 0.235. The average Bonchev–Trinajstić information content (AvgIpc) is 2.60. The molecule has 0 fully saturated rings. The summed E-state index contributed by atoms with van der Waals surface area (Å²) in [5, 5.41) is 0.441. The van der Waals surface area contributed by atoms with Crippen molar-refractivity contribution in [2.45, 2.75) is 18.2 Å². The Morgan fingerprint density at radius 1 is 1.12 bits per heavy atom. The van der Waals surface area contributed by atoms with Crippen LogP contribution < -0.4 is 4.31 Å². The Labute approximate surface area is 157 Å². The summed E-state index contributed by atoms with van der Waals surface area (Å²) in [4.78, 5) is 11.4. The molecule has 0 saturated carbocycles. The fourth-order valence-corrected chi connectivity index (χ4v) is 4.48. The second-order valence-electron chi connectivity index (χ2n) is 5.22. The molecule has 0 aliphatic heterocycles. The molecular weight excluding hydrogens is 385 g/mol. The molecule has 0 aliphatic rings. The van der Waals surface area contributed by atoms with Gasteiger partial charge in [0, 0.05) is 11.6 Å². The number of esters is 1. The molecule has 0 aliphatic carbocycles. The zero-order chi connectivity index (χ0) is 18.6. The Morgan fingerprint density at radius 3 is 2.36 bits per heavy atom. The Bertz CT molecular complexity index is 870. The lowest BCUT2D eigenvalue weighted by Crippen LogP contribution is -2.33. The van der Waals surface area contributed by atoms with Crippen molar-refractivity contribution in [1.29, 1.82) is 0 Å². The van der Waals surface area contributed by atoms with E-state index in [9.17, 15) is 13.2 Å². The molecule has 0 aromatic heterocycles. The van der Waals surface area contributed by atoms with E-state index in [-0.39, 0.29) is 22.9 Å². The lowest BCUT2D eigenvalue weighted by molar-refractivity contribution is -0.140. The van der Waals surface area contributed by atoms with Gasteiger partial charge in [-0.2, -0.15) is 0 Å². The standard InChI is InChI=1S/C17H17Cl2NO4S/c1-12-14(18)8-9-15(17(12)19)25(22,23)20(11-10-16(21)24-2)13-6-4-3-5-7-13/h3-9H,10-11H2,1-2H3. The maximum absolute atomic E-state index is 13.2. The second-order valence-corrected chi connectivity index (χ2v) is 7.84. The minimum atomic E-state index is -3.99. The first-order valence-corrected chi connectivity index (χ1v) is 9.58. The van der Waals surface area contributed by atoms with Gasteiger partial charge in [-0.25, -0.2) is 8.42 Å². The van der Waals surface area contributed by atoms with Crippen molar-refractivity contribution in [2.75, 3.05) is 18.0 Å². The number of ether oxygens (including phenoxy) is 1. The topological polar surface area (TPSA) is 63.7 Å². The maximum Gasteiger partial charge on any atom is 0.307 e. The third-order valence-electron chi connectivity index (χ3n) is 3.64. The van der Waals surface area contributed by atoms with E-state index in [4.69, 9.17) is 23.2 Å².